The summed E-state index contributed by atoms with van der Waals surface area (Å²) in [6.07, 6.45) is 0. The smallest absolute Gasteiger partial charge is 0.101 e. The Labute approximate surface area is 76.3 Å². The maximum atomic E-state index is 4.99. The Bertz CT molecular complexity index is 90.6. The van der Waals surface area contributed by atoms with E-state index >= 15 is 0 Å². The Morgan fingerprint density at radius 2 is 1.73 bits per heavy atom. The van der Waals surface area contributed by atoms with Crippen molar-refractivity contribution < 1.29 is 22.0 Å². The standard InChI is InChI=1S/C8H19NO.ClH/c1-8(2,3)9(4)6-7-10-5;/h6-7H2,1-5H3;1H. The van der Waals surface area contributed by atoms with Gasteiger partial charge in [0.25, 0.3) is 0 Å². The number of halogens is 1. The molecule has 0 aromatic carbocycles. The molecule has 0 aromatic heterocycles. The Morgan fingerprint density at radius 3 is 2.00 bits per heavy atom. The van der Waals surface area contributed by atoms with E-state index in [1.165, 1.54) is 4.90 Å². The first-order valence-corrected chi connectivity index (χ1v) is 3.80. The molecule has 0 bridgehead atoms. The Hall–Kier alpha value is 0.210. The van der Waals surface area contributed by atoms with E-state index in [4.69, 9.17) is 4.74 Å². The van der Waals surface area contributed by atoms with Crippen molar-refractivity contribution in [1.29, 1.82) is 0 Å². The Balaban J connectivity index is 0. The van der Waals surface area contributed by atoms with Crippen LogP contribution in [0.2, 0.25) is 0 Å². The van der Waals surface area contributed by atoms with Gasteiger partial charge in [-0.15, -0.1) is 0 Å². The highest BCUT2D eigenvalue weighted by Gasteiger charge is 2.19. The molecule has 70 valence electrons. The van der Waals surface area contributed by atoms with Crippen LogP contribution >= 0.6 is 0 Å². The summed E-state index contributed by atoms with van der Waals surface area (Å²) in [5.41, 5.74) is 0.346. The topological polar surface area (TPSA) is 13.7 Å². The Kier molecular flexibility index (Phi) is 7.28. The molecule has 0 aliphatic heterocycles. The highest BCUT2D eigenvalue weighted by Crippen LogP contribution is 1.89. The number of hydrogen-bond acceptors (Lipinski definition) is 1. The zero-order valence-electron chi connectivity index (χ0n) is 8.20. The van der Waals surface area contributed by atoms with Crippen LogP contribution in [0.4, 0.5) is 0 Å². The van der Waals surface area contributed by atoms with E-state index in [1.54, 1.807) is 7.11 Å². The number of hydrogen-bond donors (Lipinski definition) is 1. The summed E-state index contributed by atoms with van der Waals surface area (Å²) in [7, 11) is 3.94. The van der Waals surface area contributed by atoms with Gasteiger partial charge in [-0.1, -0.05) is 0 Å². The molecular weight excluding hydrogens is 162 g/mol. The molecule has 0 saturated heterocycles. The van der Waals surface area contributed by atoms with E-state index in [0.717, 1.165) is 13.2 Å². The lowest BCUT2D eigenvalue weighted by Gasteiger charge is -2.28. The second kappa shape index (κ2) is 5.81. The molecule has 0 aliphatic carbocycles. The predicted octanol–water partition coefficient (Wildman–Crippen LogP) is -3.05. The average molecular weight is 182 g/mol. The van der Waals surface area contributed by atoms with Crippen LogP contribution in [0.15, 0.2) is 0 Å². The lowest BCUT2D eigenvalue weighted by Crippen LogP contribution is -3.16. The summed E-state index contributed by atoms with van der Waals surface area (Å²) >= 11 is 0. The molecule has 0 aliphatic rings. The van der Waals surface area contributed by atoms with Crippen LogP contribution in [0.3, 0.4) is 0 Å². The largest absolute Gasteiger partial charge is 1.00 e. The van der Waals surface area contributed by atoms with E-state index in [1.807, 2.05) is 0 Å². The zero-order chi connectivity index (χ0) is 8.20. The van der Waals surface area contributed by atoms with E-state index < -0.39 is 0 Å². The van der Waals surface area contributed by atoms with Crippen LogP contribution in [-0.2, 0) is 4.74 Å². The fourth-order valence-corrected chi connectivity index (χ4v) is 0.630. The number of methoxy groups -OCH3 is 1. The van der Waals surface area contributed by atoms with Crippen LogP contribution < -0.4 is 17.3 Å². The summed E-state index contributed by atoms with van der Waals surface area (Å²) in [4.78, 5) is 1.51. The minimum atomic E-state index is 0. The zero-order valence-corrected chi connectivity index (χ0v) is 8.96. The van der Waals surface area contributed by atoms with Gasteiger partial charge in [0.2, 0.25) is 0 Å². The average Bonchev–Trinajstić information content (AvgIpc) is 1.80. The number of ether oxygens (including phenoxy) is 1. The van der Waals surface area contributed by atoms with Crippen molar-refractivity contribution in [3.05, 3.63) is 0 Å². The van der Waals surface area contributed by atoms with Crippen molar-refractivity contribution in [2.75, 3.05) is 27.3 Å². The monoisotopic (exact) mass is 181 g/mol. The van der Waals surface area contributed by atoms with Crippen molar-refractivity contribution in [3.63, 3.8) is 0 Å². The van der Waals surface area contributed by atoms with E-state index in [0.29, 0.717) is 5.54 Å². The SMILES string of the molecule is COCC[NH+](C)C(C)(C)C.[Cl-]. The molecule has 1 N–H and O–H groups in total. The highest BCUT2D eigenvalue weighted by molar-refractivity contribution is 4.54. The molecule has 0 radical (unpaired) electrons. The van der Waals surface area contributed by atoms with Gasteiger partial charge < -0.3 is 22.0 Å². The Morgan fingerprint density at radius 1 is 1.27 bits per heavy atom. The number of likely N-dealkylation sites (N-methyl/N-ethyl adjacent to an activating group) is 1. The minimum absolute atomic E-state index is 0. The van der Waals surface area contributed by atoms with Crippen LogP contribution in [0.1, 0.15) is 20.8 Å². The van der Waals surface area contributed by atoms with Crippen molar-refractivity contribution >= 4 is 0 Å². The molecule has 11 heavy (non-hydrogen) atoms. The van der Waals surface area contributed by atoms with Gasteiger partial charge in [0.1, 0.15) is 6.54 Å². The lowest BCUT2D eigenvalue weighted by molar-refractivity contribution is -0.928. The van der Waals surface area contributed by atoms with Crippen molar-refractivity contribution in [1.82, 2.24) is 0 Å². The second-order valence-corrected chi connectivity index (χ2v) is 3.77. The summed E-state index contributed by atoms with van der Waals surface area (Å²) in [5, 5.41) is 0. The molecule has 0 saturated carbocycles. The normalized spacial score (nSPS) is 13.9. The maximum Gasteiger partial charge on any atom is 0.101 e. The van der Waals surface area contributed by atoms with Crippen LogP contribution in [0.25, 0.3) is 0 Å². The molecule has 0 amide bonds. The molecule has 0 aromatic rings. The molecule has 3 heteroatoms. The maximum absolute atomic E-state index is 4.99. The molecule has 0 spiro atoms. The first kappa shape index (κ1) is 13.8. The number of quaternary nitrogens is 1. The van der Waals surface area contributed by atoms with Crippen molar-refractivity contribution in [2.45, 2.75) is 26.3 Å². The third-order valence-electron chi connectivity index (χ3n) is 1.96. The summed E-state index contributed by atoms with van der Waals surface area (Å²) < 4.78 is 4.99. The van der Waals surface area contributed by atoms with Gasteiger partial charge in [0.15, 0.2) is 0 Å². The first-order chi connectivity index (χ1) is 4.48. The molecular formula is C8H20ClNO. The van der Waals surface area contributed by atoms with Gasteiger partial charge in [-0.05, 0) is 20.8 Å². The molecule has 0 heterocycles. The minimum Gasteiger partial charge on any atom is -1.00 e. The fraction of sp³-hybridized carbons (Fsp3) is 1.00. The first-order valence-electron chi connectivity index (χ1n) is 3.80. The highest BCUT2D eigenvalue weighted by atomic mass is 35.5. The fourth-order valence-electron chi connectivity index (χ4n) is 0.630. The van der Waals surface area contributed by atoms with Gasteiger partial charge in [0, 0.05) is 7.11 Å². The number of nitrogens with one attached hydrogen (secondary N) is 1. The molecule has 2 nitrogen and oxygen atoms in total. The number of rotatable bonds is 3. The molecule has 0 rings (SSSR count). The van der Waals surface area contributed by atoms with Gasteiger partial charge >= 0.3 is 0 Å². The van der Waals surface area contributed by atoms with E-state index in [2.05, 4.69) is 27.8 Å². The van der Waals surface area contributed by atoms with E-state index in [-0.39, 0.29) is 12.4 Å². The van der Waals surface area contributed by atoms with Crippen molar-refractivity contribution in [2.24, 2.45) is 0 Å². The summed E-state index contributed by atoms with van der Waals surface area (Å²) in [5.74, 6) is 0. The molecule has 1 atom stereocenters. The summed E-state index contributed by atoms with van der Waals surface area (Å²) in [6.45, 7) is 8.64. The van der Waals surface area contributed by atoms with Gasteiger partial charge in [-0.3, -0.25) is 0 Å². The van der Waals surface area contributed by atoms with Gasteiger partial charge in [-0.2, -0.15) is 0 Å². The van der Waals surface area contributed by atoms with Crippen LogP contribution in [0, 0.1) is 0 Å². The lowest BCUT2D eigenvalue weighted by atomic mass is 10.1. The quantitative estimate of drug-likeness (QED) is 0.489. The van der Waals surface area contributed by atoms with Crippen LogP contribution in [0.5, 0.6) is 0 Å². The van der Waals surface area contributed by atoms with E-state index in [9.17, 15) is 0 Å². The third-order valence-corrected chi connectivity index (χ3v) is 1.96. The van der Waals surface area contributed by atoms with Gasteiger partial charge in [-0.25, -0.2) is 0 Å². The third kappa shape index (κ3) is 6.60. The second-order valence-electron chi connectivity index (χ2n) is 3.77. The molecule has 1 unspecified atom stereocenters. The van der Waals surface area contributed by atoms with Gasteiger partial charge in [0.05, 0.1) is 19.2 Å². The predicted molar refractivity (Wildman–Crippen MR) is 43.4 cm³/mol. The van der Waals surface area contributed by atoms with Crippen LogP contribution in [-0.4, -0.2) is 32.8 Å². The summed E-state index contributed by atoms with van der Waals surface area (Å²) in [6, 6.07) is 0. The van der Waals surface area contributed by atoms with Crippen molar-refractivity contribution in [3.8, 4) is 0 Å². The molecule has 0 fully saturated rings.